The van der Waals surface area contributed by atoms with Gasteiger partial charge in [0.25, 0.3) is 5.91 Å². The Morgan fingerprint density at radius 1 is 0.947 bits per heavy atom. The second-order valence-electron chi connectivity index (χ2n) is 10.9. The molecule has 3 saturated carbocycles. The van der Waals surface area contributed by atoms with Gasteiger partial charge >= 0.3 is 6.09 Å². The van der Waals surface area contributed by atoms with Crippen molar-refractivity contribution in [1.82, 2.24) is 10.6 Å². The Morgan fingerprint density at radius 2 is 1.68 bits per heavy atom. The number of hydrogen-bond donors (Lipinski definition) is 4. The second-order valence-corrected chi connectivity index (χ2v) is 10.9. The minimum Gasteiger partial charge on any atom is -0.445 e. The van der Waals surface area contributed by atoms with Crippen molar-refractivity contribution in [3.8, 4) is 0 Å². The summed E-state index contributed by atoms with van der Waals surface area (Å²) in [5.41, 5.74) is 10.4. The van der Waals surface area contributed by atoms with E-state index >= 15 is 0 Å². The summed E-state index contributed by atoms with van der Waals surface area (Å²) in [6, 6.07) is 23.5. The summed E-state index contributed by atoms with van der Waals surface area (Å²) in [6.45, 7) is 1.39. The largest absolute Gasteiger partial charge is 0.445 e. The van der Waals surface area contributed by atoms with Crippen molar-refractivity contribution in [3.05, 3.63) is 95.1 Å². The van der Waals surface area contributed by atoms with Crippen molar-refractivity contribution in [2.24, 2.45) is 5.92 Å². The summed E-state index contributed by atoms with van der Waals surface area (Å²) >= 11 is 0. The van der Waals surface area contributed by atoms with Crippen LogP contribution in [0.5, 0.6) is 0 Å². The molecule has 0 radical (unpaired) electrons. The number of para-hydroxylation sites is 2. The second kappa shape index (κ2) is 10.1. The van der Waals surface area contributed by atoms with Gasteiger partial charge in [-0.05, 0) is 85.5 Å². The van der Waals surface area contributed by atoms with Crippen LogP contribution in [-0.2, 0) is 16.9 Å². The van der Waals surface area contributed by atoms with Crippen LogP contribution < -0.4 is 21.7 Å². The van der Waals surface area contributed by atoms with Crippen molar-refractivity contribution >= 4 is 23.4 Å². The summed E-state index contributed by atoms with van der Waals surface area (Å²) in [5, 5.41) is 9.55. The molecule has 196 valence electrons. The standard InChI is InChI=1S/C31H34N4O3/c32-26-3-1-2-4-27(26)34-29(36)23-11-13-24(14-12-23)31(15-16-31)35-30(37)38-19-21-7-9-22(10-8-21)25-17-28(25)33-18-20-5-6-20/h1-4,7-14,20,25,28,33H,5-6,15-19,32H2,(H,34,36)(H,35,37). The van der Waals surface area contributed by atoms with Crippen molar-refractivity contribution in [3.63, 3.8) is 0 Å². The number of amides is 2. The zero-order valence-corrected chi connectivity index (χ0v) is 21.4. The van der Waals surface area contributed by atoms with E-state index in [0.29, 0.717) is 28.9 Å². The Bertz CT molecular complexity index is 1310. The molecule has 0 bridgehead atoms. The van der Waals surface area contributed by atoms with E-state index in [-0.39, 0.29) is 12.5 Å². The Morgan fingerprint density at radius 3 is 2.37 bits per heavy atom. The number of anilines is 2. The number of carbonyl (C=O) groups excluding carboxylic acids is 2. The fraction of sp³-hybridized carbons (Fsp3) is 0.355. The van der Waals surface area contributed by atoms with Gasteiger partial charge in [-0.1, -0.05) is 48.5 Å². The molecule has 0 aliphatic heterocycles. The lowest BCUT2D eigenvalue weighted by atomic mass is 10.0. The molecule has 6 rings (SSSR count). The first-order valence-corrected chi connectivity index (χ1v) is 13.5. The van der Waals surface area contributed by atoms with E-state index < -0.39 is 11.6 Å². The minimum absolute atomic E-state index is 0.232. The number of hydrogen-bond acceptors (Lipinski definition) is 5. The molecule has 2 atom stereocenters. The highest BCUT2D eigenvalue weighted by Crippen LogP contribution is 2.45. The van der Waals surface area contributed by atoms with Gasteiger partial charge in [-0.2, -0.15) is 0 Å². The van der Waals surface area contributed by atoms with Crippen molar-refractivity contribution < 1.29 is 14.3 Å². The third-order valence-corrected chi connectivity index (χ3v) is 7.93. The molecule has 0 heterocycles. The summed E-state index contributed by atoms with van der Waals surface area (Å²) < 4.78 is 5.54. The van der Waals surface area contributed by atoms with Crippen molar-refractivity contribution in [1.29, 1.82) is 0 Å². The maximum atomic E-state index is 12.6. The van der Waals surface area contributed by atoms with E-state index in [4.69, 9.17) is 10.5 Å². The first kappa shape index (κ1) is 24.5. The molecular weight excluding hydrogens is 476 g/mol. The van der Waals surface area contributed by atoms with Gasteiger partial charge in [-0.3, -0.25) is 4.79 Å². The first-order chi connectivity index (χ1) is 18.5. The number of nitrogens with two attached hydrogens (primary N) is 1. The number of benzene rings is 3. The van der Waals surface area contributed by atoms with Gasteiger partial charge < -0.3 is 26.4 Å². The van der Waals surface area contributed by atoms with E-state index in [1.165, 1.54) is 24.8 Å². The Balaban J connectivity index is 0.979. The quantitative estimate of drug-likeness (QED) is 0.277. The molecule has 3 fully saturated rings. The van der Waals surface area contributed by atoms with Gasteiger partial charge in [0.1, 0.15) is 6.61 Å². The predicted octanol–water partition coefficient (Wildman–Crippen LogP) is 5.29. The van der Waals surface area contributed by atoms with Crippen LogP contribution >= 0.6 is 0 Å². The molecule has 0 aromatic heterocycles. The van der Waals surface area contributed by atoms with E-state index in [2.05, 4.69) is 40.2 Å². The van der Waals surface area contributed by atoms with Crippen LogP contribution in [0, 0.1) is 5.92 Å². The van der Waals surface area contributed by atoms with Gasteiger partial charge in [0.15, 0.2) is 0 Å². The van der Waals surface area contributed by atoms with Crippen LogP contribution in [0.3, 0.4) is 0 Å². The van der Waals surface area contributed by atoms with Crippen LogP contribution in [0.1, 0.15) is 65.1 Å². The zero-order valence-electron chi connectivity index (χ0n) is 21.4. The van der Waals surface area contributed by atoms with E-state index in [0.717, 1.165) is 36.4 Å². The van der Waals surface area contributed by atoms with E-state index in [1.807, 2.05) is 24.3 Å². The highest BCUT2D eigenvalue weighted by molar-refractivity contribution is 6.05. The summed E-state index contributed by atoms with van der Waals surface area (Å²) in [7, 11) is 0. The molecule has 38 heavy (non-hydrogen) atoms. The molecule has 3 aliphatic carbocycles. The summed E-state index contributed by atoms with van der Waals surface area (Å²) in [6.07, 6.45) is 5.20. The van der Waals surface area contributed by atoms with Crippen LogP contribution in [0.25, 0.3) is 0 Å². The molecule has 0 saturated heterocycles. The van der Waals surface area contributed by atoms with Gasteiger partial charge in [0.05, 0.1) is 16.9 Å². The highest BCUT2D eigenvalue weighted by Gasteiger charge is 2.46. The number of nitrogen functional groups attached to an aromatic ring is 1. The average molecular weight is 511 g/mol. The smallest absolute Gasteiger partial charge is 0.408 e. The fourth-order valence-electron chi connectivity index (χ4n) is 5.03. The summed E-state index contributed by atoms with van der Waals surface area (Å²) in [4.78, 5) is 25.2. The van der Waals surface area contributed by atoms with E-state index in [1.54, 1.807) is 24.3 Å². The monoisotopic (exact) mass is 510 g/mol. The molecule has 7 heteroatoms. The number of carbonyl (C=O) groups is 2. The van der Waals surface area contributed by atoms with Crippen molar-refractivity contribution in [2.45, 2.75) is 56.2 Å². The lowest BCUT2D eigenvalue weighted by Gasteiger charge is -2.18. The molecule has 2 amide bonds. The molecule has 7 nitrogen and oxygen atoms in total. The minimum atomic E-state index is -0.436. The molecule has 3 aliphatic rings. The summed E-state index contributed by atoms with van der Waals surface area (Å²) in [5.74, 6) is 1.28. The van der Waals surface area contributed by atoms with Gasteiger partial charge in [0, 0.05) is 17.5 Å². The maximum absolute atomic E-state index is 12.6. The van der Waals surface area contributed by atoms with Gasteiger partial charge in [-0.25, -0.2) is 4.79 Å². The Hall–Kier alpha value is -3.84. The SMILES string of the molecule is Nc1ccccc1NC(=O)c1ccc(C2(NC(=O)OCc3ccc(C4CC4NCC4CC4)cc3)CC2)cc1. The Kier molecular flexibility index (Phi) is 6.54. The molecular formula is C31H34N4O3. The van der Waals surface area contributed by atoms with E-state index in [9.17, 15) is 9.59 Å². The topological polar surface area (TPSA) is 105 Å². The number of rotatable bonds is 10. The van der Waals surface area contributed by atoms with Gasteiger partial charge in [0.2, 0.25) is 0 Å². The Labute approximate surface area is 223 Å². The number of ether oxygens (including phenoxy) is 1. The fourth-order valence-corrected chi connectivity index (χ4v) is 5.03. The number of alkyl carbamates (subject to hydrolysis) is 1. The zero-order chi connectivity index (χ0) is 26.1. The van der Waals surface area contributed by atoms with Crippen LogP contribution in [0.2, 0.25) is 0 Å². The van der Waals surface area contributed by atoms with Crippen LogP contribution in [0.4, 0.5) is 16.2 Å². The normalized spacial score (nSPS) is 20.8. The maximum Gasteiger partial charge on any atom is 0.408 e. The third-order valence-electron chi connectivity index (χ3n) is 7.93. The van der Waals surface area contributed by atoms with Gasteiger partial charge in [-0.15, -0.1) is 0 Å². The number of nitrogens with one attached hydrogen (secondary N) is 3. The average Bonchev–Trinajstić information content (AvgIpc) is 3.79. The lowest BCUT2D eigenvalue weighted by Crippen LogP contribution is -2.35. The third kappa shape index (κ3) is 5.68. The molecule has 3 aromatic carbocycles. The lowest BCUT2D eigenvalue weighted by molar-refractivity contribution is 0.102. The molecule has 3 aromatic rings. The predicted molar refractivity (Wildman–Crippen MR) is 148 cm³/mol. The van der Waals surface area contributed by atoms with Crippen LogP contribution in [-0.4, -0.2) is 24.6 Å². The molecule has 0 spiro atoms. The molecule has 5 N–H and O–H groups in total. The van der Waals surface area contributed by atoms with Crippen molar-refractivity contribution in [2.75, 3.05) is 17.6 Å². The molecule has 2 unspecified atom stereocenters. The highest BCUT2D eigenvalue weighted by atomic mass is 16.5. The first-order valence-electron chi connectivity index (χ1n) is 13.5. The van der Waals surface area contributed by atoms with Crippen LogP contribution in [0.15, 0.2) is 72.8 Å².